The third kappa shape index (κ3) is 6.47. The second-order valence-corrected chi connectivity index (χ2v) is 14.6. The van der Waals surface area contributed by atoms with Gasteiger partial charge in [-0.05, 0) is 54.9 Å². The smallest absolute Gasteiger partial charge is 0.325 e. The Morgan fingerprint density at radius 2 is 1.60 bits per heavy atom. The van der Waals surface area contributed by atoms with E-state index < -0.39 is 21.4 Å². The average molecular weight is 629 g/mol. The molecule has 1 spiro atoms. The Bertz CT molecular complexity index is 1440. The largest absolute Gasteiger partial charge is 0.341 e. The van der Waals surface area contributed by atoms with Gasteiger partial charge in [0.1, 0.15) is 5.54 Å². The van der Waals surface area contributed by atoms with Crippen molar-refractivity contribution in [3.8, 4) is 0 Å². The van der Waals surface area contributed by atoms with E-state index in [-0.39, 0.29) is 41.6 Å². The van der Waals surface area contributed by atoms with Gasteiger partial charge >= 0.3 is 6.03 Å². The van der Waals surface area contributed by atoms with Gasteiger partial charge in [-0.2, -0.15) is 0 Å². The Morgan fingerprint density at radius 3 is 2.23 bits per heavy atom. The van der Waals surface area contributed by atoms with Gasteiger partial charge in [0, 0.05) is 50.8 Å². The summed E-state index contributed by atoms with van der Waals surface area (Å²) in [6.07, 6.45) is 6.53. The van der Waals surface area contributed by atoms with Gasteiger partial charge in [-0.1, -0.05) is 55.3 Å². The fraction of sp³-hybridized carbons (Fsp3) is 0.531. The summed E-state index contributed by atoms with van der Waals surface area (Å²) >= 11 is 0. The Balaban J connectivity index is 0.00000368. The minimum Gasteiger partial charge on any atom is -0.341 e. The number of rotatable bonds is 7. The Hall–Kier alpha value is -2.95. The van der Waals surface area contributed by atoms with Gasteiger partial charge in [0.05, 0.1) is 11.4 Å². The van der Waals surface area contributed by atoms with Crippen LogP contribution in [0.25, 0.3) is 0 Å². The van der Waals surface area contributed by atoms with E-state index in [4.69, 9.17) is 0 Å². The highest BCUT2D eigenvalue weighted by atomic mass is 35.5. The standard InChI is InChI=1S/C32H40N4O5S.ClH/c1-42(40,41)27-13-11-23(12-14-27)19-36-30(38)32(33-31(36)39)15-17-34(18-16-32)20-26-21-35(29(37)25-9-5-6-10-25)22-28(26)24-7-3-2-4-8-24;/h2-4,7-8,11-14,25-26,28H,5-6,9-10,15-22H2,1H3,(H,33,39);1H/t26-,28+;/m0./s1. The summed E-state index contributed by atoms with van der Waals surface area (Å²) in [7, 11) is -3.32. The van der Waals surface area contributed by atoms with E-state index >= 15 is 0 Å². The number of urea groups is 1. The number of amides is 4. The number of likely N-dealkylation sites (tertiary alicyclic amines) is 2. The van der Waals surface area contributed by atoms with Crippen LogP contribution in [0.4, 0.5) is 4.79 Å². The predicted octanol–water partition coefficient (Wildman–Crippen LogP) is 3.83. The number of sulfone groups is 1. The van der Waals surface area contributed by atoms with Crippen LogP contribution >= 0.6 is 12.4 Å². The molecule has 2 atom stereocenters. The van der Waals surface area contributed by atoms with Crippen LogP contribution in [0.1, 0.15) is 55.6 Å². The maximum Gasteiger partial charge on any atom is 0.325 e. The molecule has 0 bridgehead atoms. The molecule has 43 heavy (non-hydrogen) atoms. The zero-order valence-electron chi connectivity index (χ0n) is 24.6. The number of hydrogen-bond donors (Lipinski definition) is 1. The van der Waals surface area contributed by atoms with Crippen molar-refractivity contribution in [2.45, 2.75) is 61.4 Å². The van der Waals surface area contributed by atoms with E-state index in [1.54, 1.807) is 12.1 Å². The highest BCUT2D eigenvalue weighted by Crippen LogP contribution is 2.38. The van der Waals surface area contributed by atoms with E-state index in [9.17, 15) is 22.8 Å². The topological polar surface area (TPSA) is 107 Å². The number of imide groups is 1. The molecule has 1 N–H and O–H groups in total. The van der Waals surface area contributed by atoms with Crippen molar-refractivity contribution in [3.63, 3.8) is 0 Å². The van der Waals surface area contributed by atoms with Gasteiger partial charge in [0.2, 0.25) is 5.91 Å². The molecule has 2 aromatic carbocycles. The molecule has 0 unspecified atom stereocenters. The monoisotopic (exact) mass is 628 g/mol. The molecule has 0 radical (unpaired) electrons. The molecule has 4 amide bonds. The third-order valence-electron chi connectivity index (χ3n) is 9.83. The van der Waals surface area contributed by atoms with Gasteiger partial charge in [-0.25, -0.2) is 13.2 Å². The lowest BCUT2D eigenvalue weighted by atomic mass is 9.85. The van der Waals surface area contributed by atoms with Crippen molar-refractivity contribution in [2.75, 3.05) is 39.0 Å². The normalized spacial score (nSPS) is 24.4. The van der Waals surface area contributed by atoms with Crippen LogP contribution in [-0.4, -0.2) is 85.5 Å². The lowest BCUT2D eigenvalue weighted by Gasteiger charge is -2.38. The fourth-order valence-electron chi connectivity index (χ4n) is 7.38. The van der Waals surface area contributed by atoms with Gasteiger partial charge in [-0.3, -0.25) is 14.5 Å². The number of nitrogens with zero attached hydrogens (tertiary/aromatic N) is 3. The van der Waals surface area contributed by atoms with E-state index in [0.717, 1.165) is 51.6 Å². The molecule has 11 heteroatoms. The van der Waals surface area contributed by atoms with Crippen molar-refractivity contribution >= 4 is 40.1 Å². The molecule has 1 aliphatic carbocycles. The van der Waals surface area contributed by atoms with Gasteiger partial charge in [0.15, 0.2) is 9.84 Å². The maximum atomic E-state index is 13.5. The average Bonchev–Trinajstić information content (AvgIpc) is 3.71. The summed E-state index contributed by atoms with van der Waals surface area (Å²) < 4.78 is 23.5. The van der Waals surface area contributed by atoms with Gasteiger partial charge in [0.25, 0.3) is 5.91 Å². The van der Waals surface area contributed by atoms with E-state index in [1.807, 2.05) is 6.07 Å². The highest BCUT2D eigenvalue weighted by Gasteiger charge is 2.52. The zero-order chi connectivity index (χ0) is 29.5. The first kappa shape index (κ1) is 31.5. The van der Waals surface area contributed by atoms with Crippen molar-refractivity contribution < 1.29 is 22.8 Å². The van der Waals surface area contributed by atoms with Crippen LogP contribution in [-0.2, 0) is 26.0 Å². The molecular formula is C32H41ClN4O5S. The van der Waals surface area contributed by atoms with Crippen LogP contribution < -0.4 is 5.32 Å². The molecule has 4 fully saturated rings. The molecule has 3 heterocycles. The summed E-state index contributed by atoms with van der Waals surface area (Å²) in [5, 5.41) is 2.99. The summed E-state index contributed by atoms with van der Waals surface area (Å²) in [6, 6.07) is 16.4. The maximum absolute atomic E-state index is 13.5. The predicted molar refractivity (Wildman–Crippen MR) is 165 cm³/mol. The Labute approximate surface area is 260 Å². The van der Waals surface area contributed by atoms with Crippen LogP contribution in [0.15, 0.2) is 59.5 Å². The number of carbonyl (C=O) groups excluding carboxylic acids is 3. The SMILES string of the molecule is CS(=O)(=O)c1ccc(CN2C(=O)NC3(CCN(C[C@H]4CN(C(=O)C5CCCC5)C[C@@H]4c4ccccc4)CC3)C2=O)cc1.Cl. The highest BCUT2D eigenvalue weighted by molar-refractivity contribution is 7.90. The number of carbonyl (C=O) groups is 3. The molecule has 3 aliphatic heterocycles. The minimum atomic E-state index is -3.32. The van der Waals surface area contributed by atoms with E-state index in [1.165, 1.54) is 22.6 Å². The van der Waals surface area contributed by atoms with Crippen molar-refractivity contribution in [1.82, 2.24) is 20.0 Å². The lowest BCUT2D eigenvalue weighted by Crippen LogP contribution is -2.55. The van der Waals surface area contributed by atoms with Crippen LogP contribution in [0.3, 0.4) is 0 Å². The summed E-state index contributed by atoms with van der Waals surface area (Å²) in [5.74, 6) is 0.874. The molecule has 1 saturated carbocycles. The molecule has 9 nitrogen and oxygen atoms in total. The van der Waals surface area contributed by atoms with Crippen molar-refractivity contribution in [1.29, 1.82) is 0 Å². The summed E-state index contributed by atoms with van der Waals surface area (Å²) in [6.45, 7) is 3.86. The number of piperidine rings is 1. The number of nitrogens with one attached hydrogen (secondary N) is 1. The molecule has 6 rings (SSSR count). The fourth-order valence-corrected chi connectivity index (χ4v) is 8.01. The second kappa shape index (κ2) is 12.6. The first-order chi connectivity index (χ1) is 20.1. The molecule has 2 aromatic rings. The third-order valence-corrected chi connectivity index (χ3v) is 11.0. The zero-order valence-corrected chi connectivity index (χ0v) is 26.2. The molecule has 3 saturated heterocycles. The molecular weight excluding hydrogens is 588 g/mol. The van der Waals surface area contributed by atoms with Gasteiger partial charge < -0.3 is 15.1 Å². The van der Waals surface area contributed by atoms with Crippen molar-refractivity contribution in [2.24, 2.45) is 11.8 Å². The minimum absolute atomic E-state index is 0. The number of hydrogen-bond acceptors (Lipinski definition) is 6. The summed E-state index contributed by atoms with van der Waals surface area (Å²) in [5.41, 5.74) is 1.07. The number of halogens is 1. The molecule has 4 aliphatic rings. The van der Waals surface area contributed by atoms with Crippen LogP contribution in [0, 0.1) is 11.8 Å². The Morgan fingerprint density at radius 1 is 0.953 bits per heavy atom. The second-order valence-electron chi connectivity index (χ2n) is 12.6. The molecule has 0 aromatic heterocycles. The lowest BCUT2D eigenvalue weighted by molar-refractivity contribution is -0.135. The van der Waals surface area contributed by atoms with Crippen LogP contribution in [0.2, 0.25) is 0 Å². The quantitative estimate of drug-likeness (QED) is 0.467. The first-order valence-corrected chi connectivity index (χ1v) is 17.0. The van der Waals surface area contributed by atoms with Crippen LogP contribution in [0.5, 0.6) is 0 Å². The van der Waals surface area contributed by atoms with E-state index in [0.29, 0.717) is 43.3 Å². The van der Waals surface area contributed by atoms with Crippen molar-refractivity contribution in [3.05, 3.63) is 65.7 Å². The Kier molecular flexibility index (Phi) is 9.20. The molecule has 232 valence electrons. The summed E-state index contributed by atoms with van der Waals surface area (Å²) in [4.78, 5) is 45.7. The first-order valence-electron chi connectivity index (χ1n) is 15.1. The van der Waals surface area contributed by atoms with E-state index in [2.05, 4.69) is 39.4 Å². The number of benzene rings is 2. The van der Waals surface area contributed by atoms with Gasteiger partial charge in [-0.15, -0.1) is 12.4 Å².